The Bertz CT molecular complexity index is 389. The first-order chi connectivity index (χ1) is 8.41. The van der Waals surface area contributed by atoms with Gasteiger partial charge in [-0.25, -0.2) is 0 Å². The van der Waals surface area contributed by atoms with Gasteiger partial charge in [0.25, 0.3) is 0 Å². The molecule has 102 valence electrons. The van der Waals surface area contributed by atoms with Crippen LogP contribution in [0.5, 0.6) is 0 Å². The summed E-state index contributed by atoms with van der Waals surface area (Å²) >= 11 is 0. The fourth-order valence-electron chi connectivity index (χ4n) is 3.11. The minimum Gasteiger partial charge on any atom is -0.327 e. The van der Waals surface area contributed by atoms with Crippen molar-refractivity contribution in [3.8, 4) is 0 Å². The number of aryl methyl sites for hydroxylation is 1. The van der Waals surface area contributed by atoms with Crippen molar-refractivity contribution in [2.75, 3.05) is 0 Å². The predicted molar refractivity (Wildman–Crippen MR) is 75.4 cm³/mol. The fraction of sp³-hybridized carbons (Fsp3) is 0.800. The van der Waals surface area contributed by atoms with Crippen LogP contribution in [0.1, 0.15) is 58.4 Å². The lowest BCUT2D eigenvalue weighted by molar-refractivity contribution is 0.154. The van der Waals surface area contributed by atoms with Crippen LogP contribution in [0.25, 0.3) is 0 Å². The summed E-state index contributed by atoms with van der Waals surface area (Å²) in [5, 5.41) is 4.39. The van der Waals surface area contributed by atoms with Gasteiger partial charge < -0.3 is 5.73 Å². The maximum Gasteiger partial charge on any atom is 0.0525 e. The maximum atomic E-state index is 6.33. The summed E-state index contributed by atoms with van der Waals surface area (Å²) < 4.78 is 2.00. The van der Waals surface area contributed by atoms with E-state index in [4.69, 9.17) is 5.73 Å². The Balaban J connectivity index is 2.15. The van der Waals surface area contributed by atoms with Crippen LogP contribution in [0.15, 0.2) is 12.4 Å². The van der Waals surface area contributed by atoms with E-state index in [9.17, 15) is 0 Å². The molecule has 0 amide bonds. The molecule has 0 saturated heterocycles. The van der Waals surface area contributed by atoms with E-state index in [0.717, 1.165) is 18.9 Å². The summed E-state index contributed by atoms with van der Waals surface area (Å²) in [5.41, 5.74) is 8.05. The zero-order valence-corrected chi connectivity index (χ0v) is 12.2. The van der Waals surface area contributed by atoms with Gasteiger partial charge in [-0.2, -0.15) is 5.10 Å². The average Bonchev–Trinajstić information content (AvgIpc) is 2.76. The van der Waals surface area contributed by atoms with Crippen LogP contribution in [0, 0.1) is 11.3 Å². The second-order valence-electron chi connectivity index (χ2n) is 6.78. The molecule has 18 heavy (non-hydrogen) atoms. The van der Waals surface area contributed by atoms with Crippen molar-refractivity contribution in [2.24, 2.45) is 17.1 Å². The number of nitrogens with zero attached hydrogens (tertiary/aromatic N) is 2. The lowest BCUT2D eigenvalue weighted by Crippen LogP contribution is -2.38. The first kappa shape index (κ1) is 13.6. The Morgan fingerprint density at radius 3 is 2.67 bits per heavy atom. The highest BCUT2D eigenvalue weighted by molar-refractivity contribution is 5.16. The smallest absolute Gasteiger partial charge is 0.0525 e. The molecule has 0 aromatic carbocycles. The summed E-state index contributed by atoms with van der Waals surface area (Å²) in [5.74, 6) is 1.26. The van der Waals surface area contributed by atoms with Gasteiger partial charge in [0.05, 0.1) is 6.20 Å². The number of hydrogen-bond acceptors (Lipinski definition) is 2. The van der Waals surface area contributed by atoms with Gasteiger partial charge >= 0.3 is 0 Å². The van der Waals surface area contributed by atoms with E-state index < -0.39 is 0 Å². The number of hydrogen-bond donors (Lipinski definition) is 1. The molecule has 3 unspecified atom stereocenters. The molecule has 1 saturated carbocycles. The Morgan fingerprint density at radius 2 is 2.11 bits per heavy atom. The highest BCUT2D eigenvalue weighted by Gasteiger charge is 2.35. The summed E-state index contributed by atoms with van der Waals surface area (Å²) in [7, 11) is 0. The molecule has 3 atom stereocenters. The highest BCUT2D eigenvalue weighted by Crippen LogP contribution is 2.43. The van der Waals surface area contributed by atoms with E-state index >= 15 is 0 Å². The largest absolute Gasteiger partial charge is 0.327 e. The second-order valence-corrected chi connectivity index (χ2v) is 6.78. The van der Waals surface area contributed by atoms with Gasteiger partial charge in [0, 0.05) is 24.7 Å². The van der Waals surface area contributed by atoms with Crippen LogP contribution in [0.2, 0.25) is 0 Å². The van der Waals surface area contributed by atoms with Gasteiger partial charge in [0.2, 0.25) is 0 Å². The minimum absolute atomic E-state index is 0.304. The zero-order valence-electron chi connectivity index (χ0n) is 12.2. The Kier molecular flexibility index (Phi) is 3.81. The monoisotopic (exact) mass is 249 g/mol. The number of nitrogens with two attached hydrogens (primary N) is 1. The van der Waals surface area contributed by atoms with Crippen molar-refractivity contribution in [3.05, 3.63) is 18.0 Å². The predicted octanol–water partition coefficient (Wildman–Crippen LogP) is 3.16. The molecule has 1 fully saturated rings. The third-order valence-corrected chi connectivity index (χ3v) is 4.53. The lowest BCUT2D eigenvalue weighted by atomic mass is 9.66. The molecule has 2 rings (SSSR count). The fourth-order valence-corrected chi connectivity index (χ4v) is 3.11. The van der Waals surface area contributed by atoms with Crippen molar-refractivity contribution in [1.29, 1.82) is 0 Å². The van der Waals surface area contributed by atoms with E-state index in [0.29, 0.717) is 17.4 Å². The highest BCUT2D eigenvalue weighted by atomic mass is 15.3. The summed E-state index contributed by atoms with van der Waals surface area (Å²) in [6.45, 7) is 10.1. The average molecular weight is 249 g/mol. The molecule has 0 spiro atoms. The van der Waals surface area contributed by atoms with Crippen LogP contribution in [-0.2, 0) is 6.54 Å². The van der Waals surface area contributed by atoms with Gasteiger partial charge in [-0.1, -0.05) is 20.8 Å². The van der Waals surface area contributed by atoms with Crippen molar-refractivity contribution in [2.45, 2.75) is 65.5 Å². The van der Waals surface area contributed by atoms with E-state index in [1.165, 1.54) is 18.4 Å². The lowest BCUT2D eigenvalue weighted by Gasteiger charge is -2.40. The van der Waals surface area contributed by atoms with E-state index in [1.54, 1.807) is 0 Å². The first-order valence-electron chi connectivity index (χ1n) is 7.19. The molecule has 1 aliphatic rings. The first-order valence-corrected chi connectivity index (χ1v) is 7.19. The van der Waals surface area contributed by atoms with E-state index in [-0.39, 0.29) is 0 Å². The standard InChI is InChI=1S/C15H27N3/c1-5-18-10-11(9-17-18)13-8-12(15(2,3)4)6-7-14(13)16/h9-10,12-14H,5-8,16H2,1-4H3. The van der Waals surface area contributed by atoms with Crippen LogP contribution >= 0.6 is 0 Å². The van der Waals surface area contributed by atoms with Crippen LogP contribution in [-0.4, -0.2) is 15.8 Å². The number of aromatic nitrogens is 2. The molecule has 3 nitrogen and oxygen atoms in total. The van der Waals surface area contributed by atoms with Gasteiger partial charge in [-0.3, -0.25) is 4.68 Å². The molecule has 0 bridgehead atoms. The Labute approximate surface area is 111 Å². The molecular formula is C15H27N3. The van der Waals surface area contributed by atoms with Gasteiger partial charge in [-0.15, -0.1) is 0 Å². The quantitative estimate of drug-likeness (QED) is 0.875. The minimum atomic E-state index is 0.304. The molecule has 1 aromatic rings. The van der Waals surface area contributed by atoms with Crippen molar-refractivity contribution in [1.82, 2.24) is 9.78 Å². The third-order valence-electron chi connectivity index (χ3n) is 4.53. The molecule has 0 aliphatic heterocycles. The van der Waals surface area contributed by atoms with Crippen molar-refractivity contribution < 1.29 is 0 Å². The molecule has 3 heteroatoms. The third kappa shape index (κ3) is 2.77. The summed E-state index contributed by atoms with van der Waals surface area (Å²) in [6, 6.07) is 0.304. The van der Waals surface area contributed by atoms with Gasteiger partial charge in [0.15, 0.2) is 0 Å². The molecule has 1 heterocycles. The molecule has 1 aliphatic carbocycles. The molecule has 2 N–H and O–H groups in total. The Morgan fingerprint density at radius 1 is 1.39 bits per heavy atom. The van der Waals surface area contributed by atoms with Gasteiger partial charge in [0.1, 0.15) is 0 Å². The molecular weight excluding hydrogens is 222 g/mol. The SMILES string of the molecule is CCn1cc(C2CC(C(C)(C)C)CCC2N)cn1. The van der Waals surface area contributed by atoms with Crippen LogP contribution in [0.3, 0.4) is 0 Å². The van der Waals surface area contributed by atoms with Crippen LogP contribution in [0.4, 0.5) is 0 Å². The second kappa shape index (κ2) is 5.04. The summed E-state index contributed by atoms with van der Waals surface area (Å²) in [4.78, 5) is 0. The van der Waals surface area contributed by atoms with Crippen LogP contribution < -0.4 is 5.73 Å². The zero-order chi connectivity index (χ0) is 13.3. The Hall–Kier alpha value is -0.830. The normalized spacial score (nSPS) is 29.5. The maximum absolute atomic E-state index is 6.33. The van der Waals surface area contributed by atoms with Crippen molar-refractivity contribution >= 4 is 0 Å². The van der Waals surface area contributed by atoms with E-state index in [1.807, 2.05) is 10.9 Å². The molecule has 1 aromatic heterocycles. The summed E-state index contributed by atoms with van der Waals surface area (Å²) in [6.07, 6.45) is 7.81. The number of rotatable bonds is 2. The van der Waals surface area contributed by atoms with E-state index in [2.05, 4.69) is 39.0 Å². The molecule has 0 radical (unpaired) electrons. The van der Waals surface area contributed by atoms with Gasteiger partial charge in [-0.05, 0) is 43.1 Å². The van der Waals surface area contributed by atoms with Crippen molar-refractivity contribution in [3.63, 3.8) is 0 Å². The topological polar surface area (TPSA) is 43.8 Å².